The van der Waals surface area contributed by atoms with Gasteiger partial charge in [-0.05, 0) is 58.6 Å². The Morgan fingerprint density at radius 3 is 2.20 bits per heavy atom. The molecule has 2 aromatic carbocycles. The Labute approximate surface area is 246 Å². The van der Waals surface area contributed by atoms with Crippen LogP contribution in [0.1, 0.15) is 96.8 Å². The maximum absolute atomic E-state index is 14.0. The zero-order valence-electron chi connectivity index (χ0n) is 25.9. The molecular formula is C34H50N4O3. The maximum atomic E-state index is 14.0. The van der Waals surface area contributed by atoms with Crippen LogP contribution in [0.2, 0.25) is 0 Å². The van der Waals surface area contributed by atoms with Gasteiger partial charge in [0.2, 0.25) is 5.91 Å². The minimum Gasteiger partial charge on any atom is -0.492 e. The normalized spacial score (nSPS) is 12.1. The first-order chi connectivity index (χ1) is 19.9. The molecule has 0 aliphatic rings. The predicted octanol–water partition coefficient (Wildman–Crippen LogP) is 7.16. The first-order valence-corrected chi connectivity index (χ1v) is 15.6. The third-order valence-electron chi connectivity index (χ3n) is 7.65. The first-order valence-electron chi connectivity index (χ1n) is 15.6. The summed E-state index contributed by atoms with van der Waals surface area (Å²) in [6, 6.07) is 14.5. The van der Waals surface area contributed by atoms with Gasteiger partial charge in [0.1, 0.15) is 11.6 Å². The lowest BCUT2D eigenvalue weighted by Gasteiger charge is -2.32. The van der Waals surface area contributed by atoms with Gasteiger partial charge in [-0.2, -0.15) is 0 Å². The zero-order chi connectivity index (χ0) is 29.6. The summed E-state index contributed by atoms with van der Waals surface area (Å²) in [6.07, 6.45) is 11.4. The second kappa shape index (κ2) is 16.9. The number of para-hydroxylation sites is 3. The van der Waals surface area contributed by atoms with Gasteiger partial charge in [-0.1, -0.05) is 82.6 Å². The lowest BCUT2D eigenvalue weighted by Crippen LogP contribution is -2.41. The number of benzene rings is 2. The summed E-state index contributed by atoms with van der Waals surface area (Å²) in [5, 5.41) is 0.538. The lowest BCUT2D eigenvalue weighted by molar-refractivity contribution is -0.133. The van der Waals surface area contributed by atoms with Gasteiger partial charge >= 0.3 is 0 Å². The number of fused-ring (bicyclic) bond motifs is 1. The molecule has 0 aliphatic heterocycles. The van der Waals surface area contributed by atoms with Crippen LogP contribution in [0.5, 0.6) is 5.75 Å². The van der Waals surface area contributed by atoms with Crippen molar-refractivity contribution < 1.29 is 9.53 Å². The average Bonchev–Trinajstić information content (AvgIpc) is 2.97. The van der Waals surface area contributed by atoms with E-state index in [0.29, 0.717) is 47.7 Å². The van der Waals surface area contributed by atoms with Crippen molar-refractivity contribution in [1.82, 2.24) is 19.4 Å². The highest BCUT2D eigenvalue weighted by Crippen LogP contribution is 2.28. The number of carbonyl (C=O) groups excluding carboxylic acids is 1. The second-order valence-corrected chi connectivity index (χ2v) is 11.2. The minimum atomic E-state index is -0.409. The standard InChI is InChI=1S/C34H50N4O3/c1-6-8-9-10-11-12-13-14-15-24-32(39)37(26-25-36(4)5)27(3)33-35-29-21-17-16-20-28(29)34(40)38(33)30-22-18-19-23-31(30)41-7-2/h16-23,27H,6-15,24-26H2,1-5H3. The van der Waals surface area contributed by atoms with Crippen molar-refractivity contribution in [2.24, 2.45) is 0 Å². The third-order valence-corrected chi connectivity index (χ3v) is 7.65. The summed E-state index contributed by atoms with van der Waals surface area (Å²) in [6.45, 7) is 7.91. The van der Waals surface area contributed by atoms with E-state index < -0.39 is 6.04 Å². The van der Waals surface area contributed by atoms with E-state index in [4.69, 9.17) is 9.72 Å². The molecule has 0 N–H and O–H groups in total. The third kappa shape index (κ3) is 9.15. The Morgan fingerprint density at radius 1 is 0.878 bits per heavy atom. The smallest absolute Gasteiger partial charge is 0.266 e. The molecule has 0 bridgehead atoms. The van der Waals surface area contributed by atoms with E-state index in [1.54, 1.807) is 10.6 Å². The Hall–Kier alpha value is -3.19. The van der Waals surface area contributed by atoms with Gasteiger partial charge in [0.05, 0.1) is 29.2 Å². The Morgan fingerprint density at radius 2 is 1.51 bits per heavy atom. The van der Waals surface area contributed by atoms with Crippen molar-refractivity contribution in [1.29, 1.82) is 0 Å². The van der Waals surface area contributed by atoms with Gasteiger partial charge < -0.3 is 14.5 Å². The number of unbranched alkanes of at least 4 members (excludes halogenated alkanes) is 8. The van der Waals surface area contributed by atoms with Gasteiger partial charge in [0, 0.05) is 19.5 Å². The molecule has 0 fully saturated rings. The van der Waals surface area contributed by atoms with Crippen LogP contribution in [0.15, 0.2) is 53.3 Å². The average molecular weight is 563 g/mol. The summed E-state index contributed by atoms with van der Waals surface area (Å²) < 4.78 is 7.56. The zero-order valence-corrected chi connectivity index (χ0v) is 25.9. The van der Waals surface area contributed by atoms with Crippen LogP contribution in [-0.4, -0.2) is 59.0 Å². The number of ether oxygens (including phenoxy) is 1. The molecule has 7 nitrogen and oxygen atoms in total. The maximum Gasteiger partial charge on any atom is 0.266 e. The van der Waals surface area contributed by atoms with Crippen molar-refractivity contribution in [2.75, 3.05) is 33.8 Å². The van der Waals surface area contributed by atoms with E-state index in [0.717, 1.165) is 19.4 Å². The molecule has 1 aromatic heterocycles. The summed E-state index contributed by atoms with van der Waals surface area (Å²) in [5.41, 5.74) is 1.10. The highest BCUT2D eigenvalue weighted by Gasteiger charge is 2.27. The van der Waals surface area contributed by atoms with E-state index in [1.807, 2.05) is 75.3 Å². The van der Waals surface area contributed by atoms with E-state index in [9.17, 15) is 9.59 Å². The summed E-state index contributed by atoms with van der Waals surface area (Å²) in [7, 11) is 4.02. The number of nitrogens with zero attached hydrogens (tertiary/aromatic N) is 4. The summed E-state index contributed by atoms with van der Waals surface area (Å²) in [4.78, 5) is 36.7. The van der Waals surface area contributed by atoms with Gasteiger partial charge in [0.25, 0.3) is 5.56 Å². The molecule has 41 heavy (non-hydrogen) atoms. The van der Waals surface area contributed by atoms with Crippen molar-refractivity contribution in [3.8, 4) is 11.4 Å². The molecule has 1 heterocycles. The fourth-order valence-electron chi connectivity index (χ4n) is 5.29. The molecule has 1 amide bonds. The molecule has 0 saturated heterocycles. The highest BCUT2D eigenvalue weighted by molar-refractivity contribution is 5.79. The molecule has 3 aromatic rings. The predicted molar refractivity (Wildman–Crippen MR) is 169 cm³/mol. The van der Waals surface area contributed by atoms with Crippen molar-refractivity contribution in [3.63, 3.8) is 0 Å². The molecule has 224 valence electrons. The number of aromatic nitrogens is 2. The van der Waals surface area contributed by atoms with Crippen molar-refractivity contribution in [2.45, 2.75) is 91.0 Å². The van der Waals surface area contributed by atoms with Crippen LogP contribution in [0.3, 0.4) is 0 Å². The number of carbonyl (C=O) groups is 1. The fourth-order valence-corrected chi connectivity index (χ4v) is 5.29. The van der Waals surface area contributed by atoms with Crippen molar-refractivity contribution >= 4 is 16.8 Å². The van der Waals surface area contributed by atoms with Crippen molar-refractivity contribution in [3.05, 3.63) is 64.7 Å². The highest BCUT2D eigenvalue weighted by atomic mass is 16.5. The topological polar surface area (TPSA) is 67.7 Å². The second-order valence-electron chi connectivity index (χ2n) is 11.2. The largest absolute Gasteiger partial charge is 0.492 e. The molecule has 0 saturated carbocycles. The molecule has 0 aliphatic carbocycles. The number of hydrogen-bond donors (Lipinski definition) is 0. The van der Waals surface area contributed by atoms with Crippen LogP contribution >= 0.6 is 0 Å². The molecule has 1 atom stereocenters. The minimum absolute atomic E-state index is 0.106. The molecule has 0 radical (unpaired) electrons. The van der Waals surface area contributed by atoms with Gasteiger partial charge in [-0.15, -0.1) is 0 Å². The Balaban J connectivity index is 1.89. The number of likely N-dealkylation sites (N-methyl/N-ethyl adjacent to an activating group) is 1. The molecule has 7 heteroatoms. The van der Waals surface area contributed by atoms with E-state index in [-0.39, 0.29) is 11.5 Å². The monoisotopic (exact) mass is 562 g/mol. The van der Waals surface area contributed by atoms with E-state index in [2.05, 4.69) is 11.8 Å². The molecular weight excluding hydrogens is 512 g/mol. The molecule has 3 rings (SSSR count). The molecule has 0 spiro atoms. The van der Waals surface area contributed by atoms with Crippen LogP contribution in [0.4, 0.5) is 0 Å². The van der Waals surface area contributed by atoms with Crippen LogP contribution < -0.4 is 10.3 Å². The van der Waals surface area contributed by atoms with Gasteiger partial charge in [-0.25, -0.2) is 4.98 Å². The van der Waals surface area contributed by atoms with Gasteiger partial charge in [-0.3, -0.25) is 14.2 Å². The van der Waals surface area contributed by atoms with Crippen LogP contribution in [0.25, 0.3) is 16.6 Å². The van der Waals surface area contributed by atoms with E-state index in [1.165, 1.54) is 44.9 Å². The number of amides is 1. The summed E-state index contributed by atoms with van der Waals surface area (Å²) >= 11 is 0. The number of hydrogen-bond acceptors (Lipinski definition) is 5. The number of rotatable bonds is 18. The quantitative estimate of drug-likeness (QED) is 0.154. The molecule has 1 unspecified atom stereocenters. The van der Waals surface area contributed by atoms with E-state index >= 15 is 0 Å². The van der Waals surface area contributed by atoms with Gasteiger partial charge in [0.15, 0.2) is 0 Å². The summed E-state index contributed by atoms with van der Waals surface area (Å²) in [5.74, 6) is 1.26. The van der Waals surface area contributed by atoms with Crippen LogP contribution in [0, 0.1) is 0 Å². The lowest BCUT2D eigenvalue weighted by atomic mass is 10.1. The SMILES string of the molecule is CCCCCCCCCCCC(=O)N(CCN(C)C)C(C)c1nc2ccccc2c(=O)n1-c1ccccc1OCC. The fraction of sp³-hybridized carbons (Fsp3) is 0.559. The Bertz CT molecular complexity index is 1290. The Kier molecular flexibility index (Phi) is 13.3. The van der Waals surface area contributed by atoms with Crippen LogP contribution in [-0.2, 0) is 4.79 Å². The first kappa shape index (κ1) is 32.3.